The minimum absolute atomic E-state index is 0.135. The van der Waals surface area contributed by atoms with Crippen LogP contribution < -0.4 is 26.9 Å². The zero-order valence-corrected chi connectivity index (χ0v) is 21.2. The SMILES string of the molecule is C=CC(CC1CCCc2c1ccc(C(=C)CC[I-]CC)c2C)c1ccccc1C(=N)N. The second kappa shape index (κ2) is 11.1. The summed E-state index contributed by atoms with van der Waals surface area (Å²) in [6.45, 7) is 13.2. The molecular formula is C28H36IN2-. The van der Waals surface area contributed by atoms with Crippen molar-refractivity contribution in [1.82, 2.24) is 0 Å². The van der Waals surface area contributed by atoms with Crippen LogP contribution in [-0.2, 0) is 6.42 Å². The van der Waals surface area contributed by atoms with Crippen LogP contribution in [0.4, 0.5) is 0 Å². The first kappa shape index (κ1) is 23.8. The Balaban J connectivity index is 1.86. The predicted octanol–water partition coefficient (Wildman–Crippen LogP) is 3.57. The summed E-state index contributed by atoms with van der Waals surface area (Å²) in [6.07, 6.45) is 7.81. The first-order chi connectivity index (χ1) is 15.0. The fraction of sp³-hybridized carbons (Fsp3) is 0.393. The van der Waals surface area contributed by atoms with E-state index in [9.17, 15) is 0 Å². The molecule has 2 unspecified atom stereocenters. The van der Waals surface area contributed by atoms with Gasteiger partial charge in [-0.15, -0.1) is 0 Å². The third kappa shape index (κ3) is 5.49. The van der Waals surface area contributed by atoms with Gasteiger partial charge in [0.25, 0.3) is 0 Å². The topological polar surface area (TPSA) is 49.9 Å². The standard InChI is InChI=1S/C28H36IN2/c1-5-21(25-11-7-8-12-27(25)28(30)31)18-22-10-9-13-24-20(4)23(14-15-26(22)24)19(3)16-17-29-6-2/h5,7-8,11-12,14-15,21-22H,1,3,6,9-10,13,16-18H2,2,4H3,(H3,30,31)/q-1. The van der Waals surface area contributed by atoms with Crippen molar-refractivity contribution in [3.63, 3.8) is 0 Å². The van der Waals surface area contributed by atoms with Gasteiger partial charge in [0.2, 0.25) is 0 Å². The van der Waals surface area contributed by atoms with Gasteiger partial charge in [0.15, 0.2) is 0 Å². The van der Waals surface area contributed by atoms with Crippen LogP contribution in [0.5, 0.6) is 0 Å². The summed E-state index contributed by atoms with van der Waals surface area (Å²) in [6, 6.07) is 12.7. The zero-order chi connectivity index (χ0) is 22.4. The molecule has 31 heavy (non-hydrogen) atoms. The number of nitrogen functional groups attached to an aromatic ring is 1. The Morgan fingerprint density at radius 2 is 2.03 bits per heavy atom. The molecule has 1 aliphatic carbocycles. The summed E-state index contributed by atoms with van der Waals surface area (Å²) in [5, 5.41) is 7.97. The Morgan fingerprint density at radius 1 is 1.26 bits per heavy atom. The van der Waals surface area contributed by atoms with E-state index >= 15 is 0 Å². The molecule has 0 saturated heterocycles. The maximum atomic E-state index is 7.97. The van der Waals surface area contributed by atoms with Gasteiger partial charge in [0.05, 0.1) is 0 Å². The summed E-state index contributed by atoms with van der Waals surface area (Å²) in [4.78, 5) is 0. The molecule has 0 spiro atoms. The fourth-order valence-electron chi connectivity index (χ4n) is 4.97. The van der Waals surface area contributed by atoms with Gasteiger partial charge in [-0.2, -0.15) is 0 Å². The summed E-state index contributed by atoms with van der Waals surface area (Å²) in [5.41, 5.74) is 15.0. The number of benzene rings is 2. The zero-order valence-electron chi connectivity index (χ0n) is 19.0. The van der Waals surface area contributed by atoms with Crippen molar-refractivity contribution in [3.05, 3.63) is 89.0 Å². The summed E-state index contributed by atoms with van der Waals surface area (Å²) in [5.74, 6) is 0.846. The minimum Gasteiger partial charge on any atom is -0.384 e. The van der Waals surface area contributed by atoms with Gasteiger partial charge in [-0.25, -0.2) is 0 Å². The predicted molar refractivity (Wildman–Crippen MR) is 131 cm³/mol. The van der Waals surface area contributed by atoms with E-state index < -0.39 is 0 Å². The quantitative estimate of drug-likeness (QED) is 0.122. The molecule has 166 valence electrons. The monoisotopic (exact) mass is 527 g/mol. The molecule has 2 nitrogen and oxygen atoms in total. The Bertz CT molecular complexity index is 959. The second-order valence-corrected chi connectivity index (χ2v) is 12.2. The molecule has 0 radical (unpaired) electrons. The number of halogens is 1. The molecule has 0 aliphatic heterocycles. The van der Waals surface area contributed by atoms with E-state index in [-0.39, 0.29) is 11.8 Å². The van der Waals surface area contributed by atoms with Gasteiger partial charge in [-0.3, -0.25) is 5.41 Å². The molecule has 2 aromatic rings. The number of fused-ring (bicyclic) bond motifs is 1. The number of nitrogens with one attached hydrogen (secondary N) is 1. The minimum atomic E-state index is 0.135. The van der Waals surface area contributed by atoms with Crippen LogP contribution in [0, 0.1) is 12.3 Å². The number of rotatable bonds is 10. The molecule has 0 amide bonds. The van der Waals surface area contributed by atoms with Crippen LogP contribution in [0.1, 0.15) is 77.8 Å². The number of allylic oxidation sites excluding steroid dienone is 2. The van der Waals surface area contributed by atoms with Crippen LogP contribution in [0.15, 0.2) is 55.6 Å². The van der Waals surface area contributed by atoms with Crippen LogP contribution in [0.3, 0.4) is 0 Å². The van der Waals surface area contributed by atoms with E-state index in [1.807, 2.05) is 24.3 Å². The van der Waals surface area contributed by atoms with Gasteiger partial charge in [-0.05, 0) is 0 Å². The average molecular weight is 528 g/mol. The number of alkyl halides is 2. The van der Waals surface area contributed by atoms with Gasteiger partial charge in [-0.1, -0.05) is 18.2 Å². The van der Waals surface area contributed by atoms with Crippen molar-refractivity contribution in [1.29, 1.82) is 5.41 Å². The van der Waals surface area contributed by atoms with E-state index in [1.165, 1.54) is 50.4 Å². The molecule has 2 atom stereocenters. The van der Waals surface area contributed by atoms with Crippen LogP contribution in [-0.4, -0.2) is 14.7 Å². The van der Waals surface area contributed by atoms with Crippen LogP contribution in [0.2, 0.25) is 0 Å². The van der Waals surface area contributed by atoms with Crippen LogP contribution in [0.25, 0.3) is 5.57 Å². The molecule has 0 saturated carbocycles. The van der Waals surface area contributed by atoms with Crippen LogP contribution >= 0.6 is 0 Å². The van der Waals surface area contributed by atoms with Gasteiger partial charge >= 0.3 is 164 Å². The van der Waals surface area contributed by atoms with Crippen molar-refractivity contribution >= 4 is 11.4 Å². The van der Waals surface area contributed by atoms with Crippen molar-refractivity contribution in [2.45, 2.75) is 57.8 Å². The normalized spacial score (nSPS) is 16.5. The molecule has 3 N–H and O–H groups in total. The molecule has 3 heteroatoms. The second-order valence-electron chi connectivity index (χ2n) is 8.47. The van der Waals surface area contributed by atoms with Crippen molar-refractivity contribution in [3.8, 4) is 0 Å². The molecule has 3 rings (SSSR count). The number of nitrogens with two attached hydrogens (primary N) is 1. The Hall–Kier alpha value is -1.88. The number of hydrogen-bond donors (Lipinski definition) is 2. The third-order valence-corrected chi connectivity index (χ3v) is 9.01. The first-order valence-corrected chi connectivity index (χ1v) is 14.4. The smallest absolute Gasteiger partial charge is 0.384 e. The third-order valence-electron chi connectivity index (χ3n) is 6.63. The fourth-order valence-corrected chi connectivity index (χ4v) is 6.77. The van der Waals surface area contributed by atoms with E-state index in [0.29, 0.717) is 27.1 Å². The van der Waals surface area contributed by atoms with Crippen molar-refractivity contribution in [2.24, 2.45) is 5.73 Å². The first-order valence-electron chi connectivity index (χ1n) is 11.4. The summed E-state index contributed by atoms with van der Waals surface area (Å²) in [7, 11) is 0. The van der Waals surface area contributed by atoms with E-state index in [2.05, 4.69) is 45.2 Å². The van der Waals surface area contributed by atoms with E-state index in [0.717, 1.165) is 24.0 Å². The Morgan fingerprint density at radius 3 is 2.74 bits per heavy atom. The van der Waals surface area contributed by atoms with Gasteiger partial charge < -0.3 is 5.73 Å². The number of hydrogen-bond acceptors (Lipinski definition) is 1. The van der Waals surface area contributed by atoms with E-state index in [1.54, 1.807) is 5.56 Å². The molecule has 1 aliphatic rings. The molecule has 0 fully saturated rings. The maximum absolute atomic E-state index is 7.97. The van der Waals surface area contributed by atoms with Gasteiger partial charge in [0, 0.05) is 0 Å². The van der Waals surface area contributed by atoms with Gasteiger partial charge in [0.1, 0.15) is 5.84 Å². The van der Waals surface area contributed by atoms with Crippen molar-refractivity contribution in [2.75, 3.05) is 8.86 Å². The summed E-state index contributed by atoms with van der Waals surface area (Å²) < 4.78 is 2.69. The molecular weight excluding hydrogens is 491 g/mol. The molecule has 2 aromatic carbocycles. The summed E-state index contributed by atoms with van der Waals surface area (Å²) >= 11 is 0.338. The van der Waals surface area contributed by atoms with E-state index in [4.69, 9.17) is 11.1 Å². The number of amidine groups is 1. The Kier molecular flexibility index (Phi) is 8.53. The molecule has 0 aromatic heterocycles. The molecule has 0 bridgehead atoms. The average Bonchev–Trinajstić information content (AvgIpc) is 2.78. The van der Waals surface area contributed by atoms with Crippen molar-refractivity contribution < 1.29 is 21.2 Å². The molecule has 0 heterocycles. The Labute approximate surface area is 198 Å².